The largest absolute Gasteiger partial charge is 0.486 e. The maximum Gasteiger partial charge on any atom is 0.273 e. The van der Waals surface area contributed by atoms with Crippen LogP contribution in [0.4, 0.5) is 0 Å². The van der Waals surface area contributed by atoms with Crippen molar-refractivity contribution < 1.29 is 14.3 Å². The van der Waals surface area contributed by atoms with E-state index >= 15 is 0 Å². The summed E-state index contributed by atoms with van der Waals surface area (Å²) in [5.41, 5.74) is 1.15. The molecule has 8 heteroatoms. The maximum atomic E-state index is 12.0. The molecule has 0 spiro atoms. The van der Waals surface area contributed by atoms with Gasteiger partial charge in [-0.3, -0.25) is 4.79 Å². The molecule has 2 N–H and O–H groups in total. The van der Waals surface area contributed by atoms with Gasteiger partial charge in [0.1, 0.15) is 13.2 Å². The molecule has 1 aromatic heterocycles. The average molecular weight is 353 g/mol. The molecule has 3 rings (SSSR count). The van der Waals surface area contributed by atoms with Gasteiger partial charge >= 0.3 is 0 Å². The van der Waals surface area contributed by atoms with Crippen molar-refractivity contribution in [3.8, 4) is 11.5 Å². The molecule has 0 aliphatic carbocycles. The lowest BCUT2D eigenvalue weighted by Gasteiger charge is -2.22. The van der Waals surface area contributed by atoms with Crippen molar-refractivity contribution >= 4 is 21.8 Å². The third-order valence-corrected chi connectivity index (χ3v) is 3.81. The second kappa shape index (κ2) is 5.72. The fraction of sp³-hybridized carbons (Fsp3) is 0.308. The second-order valence-electron chi connectivity index (χ2n) is 4.57. The lowest BCUT2D eigenvalue weighted by atomic mass is 10.1. The van der Waals surface area contributed by atoms with Crippen molar-refractivity contribution in [1.82, 2.24) is 20.7 Å². The van der Waals surface area contributed by atoms with Crippen LogP contribution in [0.1, 0.15) is 29.0 Å². The van der Waals surface area contributed by atoms with Crippen LogP contribution in [-0.4, -0.2) is 34.5 Å². The fourth-order valence-electron chi connectivity index (χ4n) is 2.07. The van der Waals surface area contributed by atoms with Crippen LogP contribution >= 0.6 is 15.9 Å². The van der Waals surface area contributed by atoms with Gasteiger partial charge in [0, 0.05) is 4.47 Å². The zero-order valence-corrected chi connectivity index (χ0v) is 12.8. The third-order valence-electron chi connectivity index (χ3n) is 3.12. The summed E-state index contributed by atoms with van der Waals surface area (Å²) in [7, 11) is 0. The number of hydrogen-bond donors (Lipinski definition) is 2. The molecule has 1 aliphatic rings. The van der Waals surface area contributed by atoms with Gasteiger partial charge in [-0.1, -0.05) is 15.9 Å². The number of aromatic amines is 1. The number of amides is 1. The molecule has 1 amide bonds. The molecule has 1 atom stereocenters. The number of hydrogen-bond acceptors (Lipinski definition) is 5. The van der Waals surface area contributed by atoms with Gasteiger partial charge < -0.3 is 14.8 Å². The number of H-pyrrole nitrogens is 1. The van der Waals surface area contributed by atoms with Crippen LogP contribution in [-0.2, 0) is 0 Å². The summed E-state index contributed by atoms with van der Waals surface area (Å²) < 4.78 is 11.9. The highest BCUT2D eigenvalue weighted by Crippen LogP contribution is 2.37. The van der Waals surface area contributed by atoms with E-state index in [4.69, 9.17) is 9.47 Å². The maximum absolute atomic E-state index is 12.0. The van der Waals surface area contributed by atoms with Crippen molar-refractivity contribution in [3.05, 3.63) is 34.1 Å². The van der Waals surface area contributed by atoms with Gasteiger partial charge in [0.25, 0.3) is 5.91 Å². The quantitative estimate of drug-likeness (QED) is 0.879. The van der Waals surface area contributed by atoms with E-state index in [1.54, 1.807) is 0 Å². The summed E-state index contributed by atoms with van der Waals surface area (Å²) in [6, 6.07) is 3.49. The molecule has 0 fully saturated rings. The van der Waals surface area contributed by atoms with Crippen LogP contribution in [0, 0.1) is 0 Å². The highest BCUT2D eigenvalue weighted by molar-refractivity contribution is 9.10. The smallest absolute Gasteiger partial charge is 0.273 e. The Morgan fingerprint density at radius 1 is 1.38 bits per heavy atom. The fourth-order valence-corrected chi connectivity index (χ4v) is 2.74. The zero-order valence-electron chi connectivity index (χ0n) is 11.2. The Morgan fingerprint density at radius 3 is 2.76 bits per heavy atom. The molecule has 1 aliphatic heterocycles. The zero-order chi connectivity index (χ0) is 14.8. The monoisotopic (exact) mass is 352 g/mol. The molecule has 1 unspecified atom stereocenters. The predicted molar refractivity (Wildman–Crippen MR) is 77.4 cm³/mol. The van der Waals surface area contributed by atoms with Crippen molar-refractivity contribution in [2.75, 3.05) is 13.2 Å². The molecular formula is C13H13BrN4O3. The molecule has 21 heavy (non-hydrogen) atoms. The van der Waals surface area contributed by atoms with E-state index < -0.39 is 0 Å². The minimum absolute atomic E-state index is 0.223. The minimum Gasteiger partial charge on any atom is -0.486 e. The normalized spacial score (nSPS) is 14.6. The molecule has 0 bridgehead atoms. The molecule has 0 saturated heterocycles. The van der Waals surface area contributed by atoms with Gasteiger partial charge in [-0.2, -0.15) is 15.4 Å². The van der Waals surface area contributed by atoms with Crippen molar-refractivity contribution in [2.24, 2.45) is 0 Å². The summed E-state index contributed by atoms with van der Waals surface area (Å²) in [5.74, 6) is 1.09. The highest BCUT2D eigenvalue weighted by atomic mass is 79.9. The Labute approximate surface area is 129 Å². The summed E-state index contributed by atoms with van der Waals surface area (Å²) in [6.07, 6.45) is 1.38. The van der Waals surface area contributed by atoms with E-state index in [1.165, 1.54) is 6.20 Å². The first-order chi connectivity index (χ1) is 10.1. The lowest BCUT2D eigenvalue weighted by molar-refractivity contribution is 0.0934. The second-order valence-corrected chi connectivity index (χ2v) is 5.42. The van der Waals surface area contributed by atoms with Crippen molar-refractivity contribution in [1.29, 1.82) is 0 Å². The van der Waals surface area contributed by atoms with Crippen LogP contribution < -0.4 is 14.8 Å². The van der Waals surface area contributed by atoms with Gasteiger partial charge in [-0.25, -0.2) is 0 Å². The topological polar surface area (TPSA) is 89.1 Å². The lowest BCUT2D eigenvalue weighted by Crippen LogP contribution is -2.27. The number of carbonyl (C=O) groups is 1. The van der Waals surface area contributed by atoms with Crippen LogP contribution in [0.2, 0.25) is 0 Å². The molecular weight excluding hydrogens is 340 g/mol. The van der Waals surface area contributed by atoms with E-state index in [0.717, 1.165) is 10.0 Å². The van der Waals surface area contributed by atoms with Gasteiger partial charge in [-0.05, 0) is 24.6 Å². The van der Waals surface area contributed by atoms with Gasteiger partial charge in [0.05, 0.1) is 12.2 Å². The Kier molecular flexibility index (Phi) is 3.78. The van der Waals surface area contributed by atoms with Crippen molar-refractivity contribution in [2.45, 2.75) is 13.0 Å². The average Bonchev–Trinajstić information content (AvgIpc) is 3.00. The number of carbonyl (C=O) groups excluding carboxylic acids is 1. The third kappa shape index (κ3) is 2.85. The van der Waals surface area contributed by atoms with Crippen LogP contribution in [0.5, 0.6) is 11.5 Å². The summed E-state index contributed by atoms with van der Waals surface area (Å²) in [5, 5.41) is 12.6. The van der Waals surface area contributed by atoms with Gasteiger partial charge in [-0.15, -0.1) is 0 Å². The molecule has 2 aromatic rings. The molecule has 7 nitrogen and oxygen atoms in total. The van der Waals surface area contributed by atoms with Gasteiger partial charge in [0.15, 0.2) is 17.2 Å². The first-order valence-corrected chi connectivity index (χ1v) is 7.20. The molecule has 110 valence electrons. The number of fused-ring (bicyclic) bond motifs is 1. The van der Waals surface area contributed by atoms with E-state index in [1.807, 2.05) is 19.1 Å². The van der Waals surface area contributed by atoms with Crippen LogP contribution in [0.15, 0.2) is 22.8 Å². The Hall–Kier alpha value is -2.09. The number of aromatic nitrogens is 3. The first kappa shape index (κ1) is 13.9. The van der Waals surface area contributed by atoms with Crippen LogP contribution in [0.3, 0.4) is 0 Å². The number of ether oxygens (including phenoxy) is 2. The Balaban J connectivity index is 1.81. The van der Waals surface area contributed by atoms with E-state index in [9.17, 15) is 4.79 Å². The minimum atomic E-state index is -0.293. The summed E-state index contributed by atoms with van der Waals surface area (Å²) in [4.78, 5) is 12.0. The summed E-state index contributed by atoms with van der Waals surface area (Å²) in [6.45, 7) is 2.94. The van der Waals surface area contributed by atoms with Gasteiger partial charge in [0.2, 0.25) is 0 Å². The Bertz CT molecular complexity index is 660. The number of halogens is 1. The molecule has 1 aromatic carbocycles. The molecule has 2 heterocycles. The predicted octanol–water partition coefficient (Wildman–Crippen LogP) is 1.83. The Morgan fingerprint density at radius 2 is 2.10 bits per heavy atom. The highest BCUT2D eigenvalue weighted by Gasteiger charge is 2.20. The SMILES string of the molecule is CC(NC(=O)c1cn[nH]n1)c1cc2c(cc1Br)OCCO2. The van der Waals surface area contributed by atoms with E-state index in [-0.39, 0.29) is 17.6 Å². The number of rotatable bonds is 3. The van der Waals surface area contributed by atoms with Crippen molar-refractivity contribution in [3.63, 3.8) is 0 Å². The number of nitrogens with one attached hydrogen (secondary N) is 2. The van der Waals surface area contributed by atoms with Crippen LogP contribution in [0.25, 0.3) is 0 Å². The van der Waals surface area contributed by atoms with E-state index in [2.05, 4.69) is 36.7 Å². The summed E-state index contributed by atoms with van der Waals surface area (Å²) >= 11 is 3.49. The number of nitrogens with zero attached hydrogens (tertiary/aromatic N) is 2. The number of benzene rings is 1. The molecule has 0 radical (unpaired) electrons. The molecule has 0 saturated carbocycles. The standard InChI is InChI=1S/C13H13BrN4O3/c1-7(16-13(19)10-6-15-18-17-10)8-4-11-12(5-9(8)14)21-3-2-20-11/h4-7H,2-3H2,1H3,(H,16,19)(H,15,17,18). The first-order valence-electron chi connectivity index (χ1n) is 6.41. The van der Waals surface area contributed by atoms with E-state index in [0.29, 0.717) is 24.7 Å².